The van der Waals surface area contributed by atoms with E-state index in [4.69, 9.17) is 10.00 Å². The average molecular weight is 215 g/mol. The molecule has 2 aromatic rings. The van der Waals surface area contributed by atoms with Crippen molar-refractivity contribution in [2.24, 2.45) is 0 Å². The molecule has 0 radical (unpaired) electrons. The van der Waals surface area contributed by atoms with Crippen LogP contribution < -0.4 is 4.74 Å². The summed E-state index contributed by atoms with van der Waals surface area (Å²) in [5.41, 5.74) is 0.363. The summed E-state index contributed by atoms with van der Waals surface area (Å²) in [7, 11) is 0. The zero-order chi connectivity index (χ0) is 11.4. The second-order valence-electron chi connectivity index (χ2n) is 2.89. The second kappa shape index (κ2) is 4.36. The number of benzene rings is 1. The fraction of sp³-hybridized carbons (Fsp3) is 0. The van der Waals surface area contributed by atoms with Gasteiger partial charge in [-0.05, 0) is 12.1 Å². The monoisotopic (exact) mass is 215 g/mol. The van der Waals surface area contributed by atoms with E-state index < -0.39 is 5.95 Å². The van der Waals surface area contributed by atoms with Crippen LogP contribution in [0.3, 0.4) is 0 Å². The van der Waals surface area contributed by atoms with E-state index in [9.17, 15) is 4.39 Å². The number of halogens is 1. The summed E-state index contributed by atoms with van der Waals surface area (Å²) in [5, 5.41) is 8.81. The van der Waals surface area contributed by atoms with Crippen molar-refractivity contribution in [1.29, 1.82) is 5.26 Å². The number of hydrogen-bond donors (Lipinski definition) is 0. The lowest BCUT2D eigenvalue weighted by atomic mass is 10.2. The number of aromatic nitrogens is 2. The molecule has 0 aliphatic rings. The summed E-state index contributed by atoms with van der Waals surface area (Å²) in [6.45, 7) is 0. The van der Waals surface area contributed by atoms with Crippen molar-refractivity contribution >= 4 is 0 Å². The van der Waals surface area contributed by atoms with Crippen LogP contribution in [0.1, 0.15) is 5.56 Å². The van der Waals surface area contributed by atoms with Crippen molar-refractivity contribution in [3.63, 3.8) is 0 Å². The largest absolute Gasteiger partial charge is 0.437 e. The van der Waals surface area contributed by atoms with E-state index in [1.165, 1.54) is 0 Å². The molecule has 0 spiro atoms. The summed E-state index contributed by atoms with van der Waals surface area (Å²) >= 11 is 0. The summed E-state index contributed by atoms with van der Waals surface area (Å²) in [6, 6.07) is 9.66. The Morgan fingerprint density at radius 2 is 2.06 bits per heavy atom. The van der Waals surface area contributed by atoms with Crippen LogP contribution in [0.25, 0.3) is 0 Å². The van der Waals surface area contributed by atoms with Crippen LogP contribution in [-0.4, -0.2) is 9.97 Å². The first-order valence-corrected chi connectivity index (χ1v) is 4.44. The molecule has 16 heavy (non-hydrogen) atoms. The van der Waals surface area contributed by atoms with Crippen LogP contribution in [-0.2, 0) is 0 Å². The number of nitrogens with zero attached hydrogens (tertiary/aromatic N) is 3. The van der Waals surface area contributed by atoms with Gasteiger partial charge in [-0.15, -0.1) is 0 Å². The van der Waals surface area contributed by atoms with Gasteiger partial charge < -0.3 is 4.74 Å². The third kappa shape index (κ3) is 2.12. The third-order valence-electron chi connectivity index (χ3n) is 1.83. The van der Waals surface area contributed by atoms with Crippen molar-refractivity contribution in [2.45, 2.75) is 0 Å². The molecule has 0 aliphatic heterocycles. The Bertz CT molecular complexity index is 551. The van der Waals surface area contributed by atoms with Gasteiger partial charge >= 0.3 is 0 Å². The summed E-state index contributed by atoms with van der Waals surface area (Å²) < 4.78 is 18.0. The fourth-order valence-electron chi connectivity index (χ4n) is 1.13. The van der Waals surface area contributed by atoms with Gasteiger partial charge in [-0.1, -0.05) is 12.1 Å². The maximum atomic E-state index is 12.8. The van der Waals surface area contributed by atoms with Crippen LogP contribution in [0.15, 0.2) is 36.7 Å². The minimum Gasteiger partial charge on any atom is -0.437 e. The first-order chi connectivity index (χ1) is 7.79. The van der Waals surface area contributed by atoms with E-state index in [1.807, 2.05) is 6.07 Å². The maximum absolute atomic E-state index is 12.8. The van der Waals surface area contributed by atoms with Gasteiger partial charge in [-0.3, -0.25) is 0 Å². The van der Waals surface area contributed by atoms with E-state index in [1.54, 1.807) is 24.3 Å². The van der Waals surface area contributed by atoms with Crippen LogP contribution in [0.5, 0.6) is 11.6 Å². The topological polar surface area (TPSA) is 58.8 Å². The molecule has 0 bridgehead atoms. The molecule has 0 saturated heterocycles. The van der Waals surface area contributed by atoms with Gasteiger partial charge in [-0.25, -0.2) is 9.97 Å². The first kappa shape index (κ1) is 10.1. The number of ether oxygens (including phenoxy) is 1. The molecule has 0 amide bonds. The summed E-state index contributed by atoms with van der Waals surface area (Å²) in [4.78, 5) is 7.03. The lowest BCUT2D eigenvalue weighted by Gasteiger charge is -2.04. The molecule has 0 atom stereocenters. The predicted molar refractivity (Wildman–Crippen MR) is 53.2 cm³/mol. The lowest BCUT2D eigenvalue weighted by Crippen LogP contribution is -1.92. The van der Waals surface area contributed by atoms with Crippen LogP contribution >= 0.6 is 0 Å². The van der Waals surface area contributed by atoms with Crippen molar-refractivity contribution < 1.29 is 9.13 Å². The minimum absolute atomic E-state index is 0.0650. The molecule has 1 heterocycles. The Kier molecular flexibility index (Phi) is 2.74. The normalized spacial score (nSPS) is 9.50. The molecule has 0 aliphatic carbocycles. The zero-order valence-electron chi connectivity index (χ0n) is 8.09. The van der Waals surface area contributed by atoms with Crippen molar-refractivity contribution in [3.8, 4) is 17.7 Å². The molecular weight excluding hydrogens is 209 g/mol. The molecule has 0 saturated carbocycles. The summed E-state index contributed by atoms with van der Waals surface area (Å²) in [6.07, 6.45) is 1.06. The van der Waals surface area contributed by atoms with Gasteiger partial charge in [0.25, 0.3) is 0 Å². The quantitative estimate of drug-likeness (QED) is 0.721. The molecule has 5 heteroatoms. The van der Waals surface area contributed by atoms with E-state index in [-0.39, 0.29) is 5.88 Å². The highest BCUT2D eigenvalue weighted by molar-refractivity contribution is 5.44. The Morgan fingerprint density at radius 3 is 2.81 bits per heavy atom. The SMILES string of the molecule is N#Cc1ccccc1Oc1cc(F)ncn1. The number of nitriles is 1. The van der Waals surface area contributed by atoms with Gasteiger partial charge in [0.15, 0.2) is 0 Å². The first-order valence-electron chi connectivity index (χ1n) is 4.44. The molecular formula is C11H6FN3O. The maximum Gasteiger partial charge on any atom is 0.225 e. The second-order valence-corrected chi connectivity index (χ2v) is 2.89. The molecule has 0 unspecified atom stereocenters. The summed E-state index contributed by atoms with van der Waals surface area (Å²) in [5.74, 6) is -0.280. The molecule has 1 aromatic carbocycles. The highest BCUT2D eigenvalue weighted by atomic mass is 19.1. The van der Waals surface area contributed by atoms with Gasteiger partial charge in [0.05, 0.1) is 11.6 Å². The van der Waals surface area contributed by atoms with E-state index in [0.717, 1.165) is 12.4 Å². The van der Waals surface area contributed by atoms with Gasteiger partial charge in [0.1, 0.15) is 18.1 Å². The van der Waals surface area contributed by atoms with Crippen LogP contribution in [0, 0.1) is 17.3 Å². The Hall–Kier alpha value is -2.48. The van der Waals surface area contributed by atoms with Crippen LogP contribution in [0.4, 0.5) is 4.39 Å². The number of para-hydroxylation sites is 1. The van der Waals surface area contributed by atoms with Gasteiger partial charge in [-0.2, -0.15) is 9.65 Å². The Balaban J connectivity index is 2.31. The minimum atomic E-state index is -0.681. The number of hydrogen-bond acceptors (Lipinski definition) is 4. The van der Waals surface area contributed by atoms with E-state index >= 15 is 0 Å². The highest BCUT2D eigenvalue weighted by Gasteiger charge is 2.05. The Morgan fingerprint density at radius 1 is 1.25 bits per heavy atom. The zero-order valence-corrected chi connectivity index (χ0v) is 8.09. The molecule has 0 N–H and O–H groups in total. The van der Waals surface area contributed by atoms with Gasteiger partial charge in [0, 0.05) is 0 Å². The standard InChI is InChI=1S/C11H6FN3O/c12-10-5-11(15-7-14-10)16-9-4-2-1-3-8(9)6-13/h1-5,7H. The smallest absolute Gasteiger partial charge is 0.225 e. The van der Waals surface area contributed by atoms with E-state index in [2.05, 4.69) is 9.97 Å². The van der Waals surface area contributed by atoms with Crippen molar-refractivity contribution in [1.82, 2.24) is 9.97 Å². The van der Waals surface area contributed by atoms with Crippen molar-refractivity contribution in [2.75, 3.05) is 0 Å². The molecule has 1 aromatic heterocycles. The van der Waals surface area contributed by atoms with Crippen LogP contribution in [0.2, 0.25) is 0 Å². The molecule has 78 valence electrons. The fourth-order valence-corrected chi connectivity index (χ4v) is 1.13. The average Bonchev–Trinajstić information content (AvgIpc) is 2.30. The molecule has 0 fully saturated rings. The predicted octanol–water partition coefficient (Wildman–Crippen LogP) is 2.28. The Labute approximate surface area is 91.0 Å². The number of rotatable bonds is 2. The molecule has 2 rings (SSSR count). The van der Waals surface area contributed by atoms with Gasteiger partial charge in [0.2, 0.25) is 11.8 Å². The molecule has 4 nitrogen and oxygen atoms in total. The van der Waals surface area contributed by atoms with Crippen molar-refractivity contribution in [3.05, 3.63) is 48.2 Å². The highest BCUT2D eigenvalue weighted by Crippen LogP contribution is 2.22. The van der Waals surface area contributed by atoms with E-state index in [0.29, 0.717) is 11.3 Å². The lowest BCUT2D eigenvalue weighted by molar-refractivity contribution is 0.449. The third-order valence-corrected chi connectivity index (χ3v) is 1.83.